The molecule has 0 spiro atoms. The zero-order valence-corrected chi connectivity index (χ0v) is 17.9. The van der Waals surface area contributed by atoms with Crippen molar-refractivity contribution in [2.45, 2.75) is 30.7 Å². The van der Waals surface area contributed by atoms with E-state index >= 15 is 0 Å². The van der Waals surface area contributed by atoms with E-state index in [2.05, 4.69) is 31.6 Å². The molecule has 0 radical (unpaired) electrons. The van der Waals surface area contributed by atoms with E-state index in [-0.39, 0.29) is 0 Å². The molecular weight excluding hydrogens is 418 g/mol. The van der Waals surface area contributed by atoms with Crippen LogP contribution >= 0.6 is 0 Å². The topological polar surface area (TPSA) is 144 Å². The molecule has 0 bridgehead atoms. The molecule has 0 saturated heterocycles. The molecule has 5 aromatic heterocycles. The number of hydrogen-bond donors (Lipinski definition) is 2. The molecule has 3 N–H and O–H groups in total. The smallest absolute Gasteiger partial charge is 0.155 e. The Kier molecular flexibility index (Phi) is 4.10. The summed E-state index contributed by atoms with van der Waals surface area (Å²) >= 11 is 0. The minimum atomic E-state index is -0.408. The van der Waals surface area contributed by atoms with Gasteiger partial charge in [0.2, 0.25) is 0 Å². The molecule has 0 aromatic carbocycles. The zero-order chi connectivity index (χ0) is 22.6. The van der Waals surface area contributed by atoms with Crippen LogP contribution in [-0.4, -0.2) is 44.4 Å². The van der Waals surface area contributed by atoms with E-state index in [0.29, 0.717) is 29.4 Å². The first-order valence-corrected chi connectivity index (χ1v) is 10.6. The van der Waals surface area contributed by atoms with E-state index < -0.39 is 5.54 Å². The third kappa shape index (κ3) is 2.99. The average molecular weight is 439 g/mol. The number of nitrogens with zero attached hydrogens (tertiary/aromatic N) is 9. The number of hydrogen-bond acceptors (Lipinski definition) is 7. The Morgan fingerprint density at radius 3 is 2.82 bits per heavy atom. The Balaban J connectivity index is 1.43. The van der Waals surface area contributed by atoms with Crippen molar-refractivity contribution in [3.8, 4) is 28.6 Å². The number of H-pyrrole nitrogens is 1. The number of rotatable bonds is 5. The number of fused-ring (bicyclic) bond motifs is 1. The molecule has 5 aromatic rings. The van der Waals surface area contributed by atoms with Gasteiger partial charge in [0.1, 0.15) is 5.69 Å². The highest BCUT2D eigenvalue weighted by Gasteiger charge is 2.48. The molecule has 0 atom stereocenters. The lowest BCUT2D eigenvalue weighted by molar-refractivity contribution is 0.0986. The Hall–Kier alpha value is -4.46. The lowest BCUT2D eigenvalue weighted by Gasteiger charge is -2.46. The van der Waals surface area contributed by atoms with Gasteiger partial charge < -0.3 is 5.73 Å². The van der Waals surface area contributed by atoms with Crippen molar-refractivity contribution in [2.24, 2.45) is 7.05 Å². The molecular formula is C22H21N11. The number of nitriles is 1. The summed E-state index contributed by atoms with van der Waals surface area (Å²) in [5.41, 5.74) is 10.9. The van der Waals surface area contributed by atoms with Gasteiger partial charge in [0, 0.05) is 42.8 Å². The van der Waals surface area contributed by atoms with Crippen LogP contribution in [0.15, 0.2) is 49.3 Å². The van der Waals surface area contributed by atoms with Crippen LogP contribution in [0.5, 0.6) is 0 Å². The highest BCUT2D eigenvalue weighted by Crippen LogP contribution is 2.51. The standard InChI is InChI=1S/C22H21N11/c1-31-11-15(10-27-31)18-13-32-19(3-7-26-32)20(28-18)16-12-33(30-21(16)24)22(4-5-23)8-14(9-22)17-2-6-25-29-17/h2-3,6-7,10-14H,4,8-9H2,1H3,(H2,24,30)(H,25,29)/t14-,22-. The normalized spacial score (nSPS) is 20.1. The quantitative estimate of drug-likeness (QED) is 0.428. The summed E-state index contributed by atoms with van der Waals surface area (Å²) in [5, 5.41) is 29.9. The fourth-order valence-corrected chi connectivity index (χ4v) is 4.76. The summed E-state index contributed by atoms with van der Waals surface area (Å²) in [6.07, 6.45) is 12.9. The van der Waals surface area contributed by atoms with Gasteiger partial charge in [0.15, 0.2) is 5.82 Å². The van der Waals surface area contributed by atoms with Crippen molar-refractivity contribution < 1.29 is 0 Å². The zero-order valence-electron chi connectivity index (χ0n) is 17.9. The first kappa shape index (κ1) is 19.2. The minimum absolute atomic E-state index is 0.309. The molecule has 164 valence electrons. The van der Waals surface area contributed by atoms with Crippen LogP contribution in [0.1, 0.15) is 30.9 Å². The second-order valence-corrected chi connectivity index (χ2v) is 8.59. The van der Waals surface area contributed by atoms with Crippen molar-refractivity contribution >= 4 is 11.3 Å². The average Bonchev–Trinajstić information content (AvgIpc) is 3.56. The number of anilines is 1. The molecule has 1 aliphatic carbocycles. The van der Waals surface area contributed by atoms with E-state index in [4.69, 9.17) is 10.7 Å². The van der Waals surface area contributed by atoms with E-state index in [9.17, 15) is 5.26 Å². The van der Waals surface area contributed by atoms with E-state index in [1.165, 1.54) is 0 Å². The predicted molar refractivity (Wildman–Crippen MR) is 120 cm³/mol. The van der Waals surface area contributed by atoms with Gasteiger partial charge in [-0.25, -0.2) is 9.50 Å². The van der Waals surface area contributed by atoms with Crippen LogP contribution in [0.2, 0.25) is 0 Å². The highest BCUT2D eigenvalue weighted by atomic mass is 15.3. The number of nitrogens with one attached hydrogen (secondary N) is 1. The van der Waals surface area contributed by atoms with Gasteiger partial charge in [-0.3, -0.25) is 14.5 Å². The minimum Gasteiger partial charge on any atom is -0.382 e. The summed E-state index contributed by atoms with van der Waals surface area (Å²) in [5.74, 6) is 0.680. The van der Waals surface area contributed by atoms with Crippen molar-refractivity contribution in [3.63, 3.8) is 0 Å². The summed E-state index contributed by atoms with van der Waals surface area (Å²) in [7, 11) is 1.86. The molecule has 33 heavy (non-hydrogen) atoms. The molecule has 11 nitrogen and oxygen atoms in total. The van der Waals surface area contributed by atoms with Crippen LogP contribution in [0.3, 0.4) is 0 Å². The van der Waals surface area contributed by atoms with Gasteiger partial charge in [-0.15, -0.1) is 0 Å². The summed E-state index contributed by atoms with van der Waals surface area (Å²) in [6.45, 7) is 0. The van der Waals surface area contributed by atoms with E-state index in [1.54, 1.807) is 27.8 Å². The summed E-state index contributed by atoms with van der Waals surface area (Å²) in [4.78, 5) is 4.90. The van der Waals surface area contributed by atoms with Crippen molar-refractivity contribution in [1.82, 2.24) is 44.4 Å². The van der Waals surface area contributed by atoms with Crippen LogP contribution in [-0.2, 0) is 12.6 Å². The van der Waals surface area contributed by atoms with Crippen LogP contribution in [0.4, 0.5) is 5.82 Å². The van der Waals surface area contributed by atoms with Gasteiger partial charge in [-0.2, -0.15) is 25.7 Å². The lowest BCUT2D eigenvalue weighted by atomic mass is 9.65. The Morgan fingerprint density at radius 2 is 2.09 bits per heavy atom. The molecule has 1 saturated carbocycles. The van der Waals surface area contributed by atoms with Crippen LogP contribution in [0, 0.1) is 11.3 Å². The largest absolute Gasteiger partial charge is 0.382 e. The lowest BCUT2D eigenvalue weighted by Crippen LogP contribution is -2.45. The molecule has 6 rings (SSSR count). The molecule has 11 heteroatoms. The number of aryl methyl sites for hydroxylation is 1. The van der Waals surface area contributed by atoms with Gasteiger partial charge in [-0.1, -0.05) is 0 Å². The maximum Gasteiger partial charge on any atom is 0.155 e. The van der Waals surface area contributed by atoms with Crippen molar-refractivity contribution in [3.05, 3.63) is 55.0 Å². The fraction of sp³-hybridized carbons (Fsp3) is 0.273. The second-order valence-electron chi connectivity index (χ2n) is 8.59. The number of nitrogen functional groups attached to an aromatic ring is 1. The highest BCUT2D eigenvalue weighted by molar-refractivity contribution is 5.83. The maximum absolute atomic E-state index is 9.54. The molecule has 0 aliphatic heterocycles. The van der Waals surface area contributed by atoms with E-state index in [0.717, 1.165) is 35.3 Å². The third-order valence-corrected chi connectivity index (χ3v) is 6.50. The Bertz CT molecular complexity index is 1490. The molecule has 0 unspecified atom stereocenters. The number of aromatic nitrogens is 9. The second kappa shape index (κ2) is 7.03. The van der Waals surface area contributed by atoms with Gasteiger partial charge in [0.05, 0.1) is 53.4 Å². The third-order valence-electron chi connectivity index (χ3n) is 6.50. The summed E-state index contributed by atoms with van der Waals surface area (Å²) in [6, 6.07) is 6.21. The van der Waals surface area contributed by atoms with Gasteiger partial charge in [0.25, 0.3) is 0 Å². The first-order valence-electron chi connectivity index (χ1n) is 10.6. The molecule has 1 fully saturated rings. The first-order chi connectivity index (χ1) is 16.1. The maximum atomic E-state index is 9.54. The monoisotopic (exact) mass is 439 g/mol. The molecule has 5 heterocycles. The van der Waals surface area contributed by atoms with Gasteiger partial charge in [-0.05, 0) is 25.0 Å². The Labute approximate surface area is 188 Å². The summed E-state index contributed by atoms with van der Waals surface area (Å²) < 4.78 is 5.37. The molecule has 0 amide bonds. The van der Waals surface area contributed by atoms with E-state index in [1.807, 2.05) is 42.5 Å². The van der Waals surface area contributed by atoms with Crippen molar-refractivity contribution in [1.29, 1.82) is 5.26 Å². The Morgan fingerprint density at radius 1 is 1.21 bits per heavy atom. The van der Waals surface area contributed by atoms with Gasteiger partial charge >= 0.3 is 0 Å². The predicted octanol–water partition coefficient (Wildman–Crippen LogP) is 2.49. The van der Waals surface area contributed by atoms with Crippen LogP contribution in [0.25, 0.3) is 28.0 Å². The van der Waals surface area contributed by atoms with Crippen LogP contribution < -0.4 is 5.73 Å². The fourth-order valence-electron chi connectivity index (χ4n) is 4.76. The van der Waals surface area contributed by atoms with Crippen molar-refractivity contribution in [2.75, 3.05) is 5.73 Å². The number of aromatic amines is 1. The number of nitrogens with two attached hydrogens (primary N) is 1. The molecule has 1 aliphatic rings. The SMILES string of the molecule is Cn1cc(-c2cn3nccc3c(-c3cn([C@]4(CC#N)C[C@@H](c5ccn[nH]5)C4)nc3N)n2)cn1.